The number of rotatable bonds is 8. The summed E-state index contributed by atoms with van der Waals surface area (Å²) in [6.45, 7) is 0.926. The molecule has 37 heavy (non-hydrogen) atoms. The number of amides is 2. The van der Waals surface area contributed by atoms with Crippen molar-refractivity contribution in [1.29, 1.82) is 0 Å². The van der Waals surface area contributed by atoms with E-state index in [-0.39, 0.29) is 34.3 Å². The topological polar surface area (TPSA) is 120 Å². The first-order valence-corrected chi connectivity index (χ1v) is 12.1. The average Bonchev–Trinajstić information content (AvgIpc) is 3.32. The summed E-state index contributed by atoms with van der Waals surface area (Å²) in [6, 6.07) is 13.7. The molecule has 2 heterocycles. The Morgan fingerprint density at radius 3 is 2.41 bits per heavy atom. The second-order valence-electron chi connectivity index (χ2n) is 8.92. The number of halogens is 1. The zero-order valence-electron chi connectivity index (χ0n) is 20.8. The van der Waals surface area contributed by atoms with E-state index in [1.54, 1.807) is 48.5 Å². The molecule has 4 rings (SSSR count). The van der Waals surface area contributed by atoms with E-state index in [4.69, 9.17) is 11.6 Å². The van der Waals surface area contributed by atoms with Crippen LogP contribution in [0.15, 0.2) is 54.7 Å². The third kappa shape index (κ3) is 6.22. The highest BCUT2D eigenvalue weighted by Crippen LogP contribution is 2.27. The first-order valence-electron chi connectivity index (χ1n) is 11.8. The lowest BCUT2D eigenvalue weighted by atomic mass is 10.1. The molecule has 192 valence electrons. The molecule has 1 saturated heterocycles. The molecule has 0 bridgehead atoms. The summed E-state index contributed by atoms with van der Waals surface area (Å²) in [4.78, 5) is 49.3. The normalized spacial score (nSPS) is 15.2. The second kappa shape index (κ2) is 11.4. The number of benzene rings is 2. The smallest absolute Gasteiger partial charge is 0.294 e. The number of likely N-dealkylation sites (tertiary alicyclic amines) is 1. The van der Waals surface area contributed by atoms with E-state index in [1.165, 1.54) is 25.2 Å². The van der Waals surface area contributed by atoms with Crippen molar-refractivity contribution < 1.29 is 14.4 Å². The molecule has 1 fully saturated rings. The van der Waals surface area contributed by atoms with E-state index >= 15 is 0 Å². The number of carbonyl (C=O) groups excluding carboxylic acids is 3. The Morgan fingerprint density at radius 2 is 1.73 bits per heavy atom. The van der Waals surface area contributed by atoms with E-state index in [9.17, 15) is 14.4 Å². The molecule has 3 N–H and O–H groups in total. The minimum absolute atomic E-state index is 0.0106. The van der Waals surface area contributed by atoms with Gasteiger partial charge < -0.3 is 20.9 Å². The minimum Gasteiger partial charge on any atom is -0.342 e. The number of para-hydroxylation sites is 1. The lowest BCUT2D eigenvalue weighted by Gasteiger charge is -2.18. The zero-order valence-corrected chi connectivity index (χ0v) is 21.5. The molecule has 2 amide bonds. The van der Waals surface area contributed by atoms with Gasteiger partial charge >= 0.3 is 0 Å². The van der Waals surface area contributed by atoms with Crippen molar-refractivity contribution in [3.05, 3.63) is 65.3 Å². The second-order valence-corrected chi connectivity index (χ2v) is 9.33. The van der Waals surface area contributed by atoms with Gasteiger partial charge in [0.1, 0.15) is 5.02 Å². The Balaban J connectivity index is 1.46. The van der Waals surface area contributed by atoms with Crippen LogP contribution in [0.4, 0.5) is 28.8 Å². The van der Waals surface area contributed by atoms with Crippen LogP contribution in [0.5, 0.6) is 0 Å². The van der Waals surface area contributed by atoms with Gasteiger partial charge in [-0.2, -0.15) is 4.98 Å². The summed E-state index contributed by atoms with van der Waals surface area (Å²) in [6.07, 6.45) is 3.31. The van der Waals surface area contributed by atoms with E-state index in [1.807, 2.05) is 7.05 Å². The summed E-state index contributed by atoms with van der Waals surface area (Å²) in [5, 5.41) is 9.33. The maximum atomic E-state index is 12.6. The summed E-state index contributed by atoms with van der Waals surface area (Å²) >= 11 is 6.31. The van der Waals surface area contributed by atoms with Crippen LogP contribution in [-0.4, -0.2) is 71.1 Å². The van der Waals surface area contributed by atoms with Crippen LogP contribution in [0.1, 0.15) is 23.2 Å². The lowest BCUT2D eigenvalue weighted by Crippen LogP contribution is -2.37. The predicted molar refractivity (Wildman–Crippen MR) is 144 cm³/mol. The molecule has 1 aliphatic rings. The molecule has 0 aliphatic carbocycles. The minimum atomic E-state index is -0.650. The van der Waals surface area contributed by atoms with Gasteiger partial charge in [0, 0.05) is 25.5 Å². The molecular weight excluding hydrogens is 494 g/mol. The number of hydrogen-bond acceptors (Lipinski definition) is 8. The van der Waals surface area contributed by atoms with Crippen molar-refractivity contribution in [2.24, 2.45) is 0 Å². The van der Waals surface area contributed by atoms with Gasteiger partial charge in [-0.05, 0) is 62.8 Å². The van der Waals surface area contributed by atoms with Crippen molar-refractivity contribution in [3.63, 3.8) is 0 Å². The van der Waals surface area contributed by atoms with E-state index in [2.05, 4.69) is 30.8 Å². The van der Waals surface area contributed by atoms with Gasteiger partial charge in [-0.25, -0.2) is 4.98 Å². The van der Waals surface area contributed by atoms with Crippen molar-refractivity contribution in [2.75, 3.05) is 43.6 Å². The van der Waals surface area contributed by atoms with Gasteiger partial charge in [0.05, 0.1) is 23.5 Å². The molecule has 1 atom stereocenters. The lowest BCUT2D eigenvalue weighted by molar-refractivity contribution is -0.124. The molecule has 0 spiro atoms. The number of aromatic nitrogens is 2. The molecule has 0 radical (unpaired) electrons. The summed E-state index contributed by atoms with van der Waals surface area (Å²) in [5.41, 5.74) is 1.99. The van der Waals surface area contributed by atoms with Crippen molar-refractivity contribution in [3.8, 4) is 0 Å². The van der Waals surface area contributed by atoms with E-state index < -0.39 is 11.7 Å². The largest absolute Gasteiger partial charge is 0.342 e. The third-order valence-electron chi connectivity index (χ3n) is 6.00. The van der Waals surface area contributed by atoms with Crippen molar-refractivity contribution >= 4 is 58.0 Å². The van der Waals surface area contributed by atoms with E-state index in [0.29, 0.717) is 17.1 Å². The number of nitrogens with zero attached hydrogens (tertiary/aromatic N) is 4. The number of carbonyl (C=O) groups is 3. The number of ketones is 1. The van der Waals surface area contributed by atoms with Gasteiger partial charge in [0.15, 0.2) is 5.82 Å². The Hall–Kier alpha value is -4.02. The third-order valence-corrected chi connectivity index (χ3v) is 6.28. The van der Waals surface area contributed by atoms with Gasteiger partial charge in [0.25, 0.3) is 11.7 Å². The van der Waals surface area contributed by atoms with Crippen molar-refractivity contribution in [2.45, 2.75) is 18.9 Å². The van der Waals surface area contributed by atoms with Crippen molar-refractivity contribution in [1.82, 2.24) is 19.8 Å². The number of hydrogen-bond donors (Lipinski definition) is 3. The number of likely N-dealkylation sites (N-methyl/N-ethyl adjacent to an activating group) is 2. The van der Waals surface area contributed by atoms with Crippen LogP contribution in [0, 0.1) is 0 Å². The maximum absolute atomic E-state index is 12.6. The molecule has 3 aromatic rings. The summed E-state index contributed by atoms with van der Waals surface area (Å²) < 4.78 is 0. The van der Waals surface area contributed by atoms with Gasteiger partial charge in [-0.3, -0.25) is 19.3 Å². The van der Waals surface area contributed by atoms with Crippen LogP contribution in [-0.2, 0) is 9.59 Å². The molecule has 1 aromatic heterocycles. The standard InChI is InChI=1S/C26H28ClN7O3/c1-33(2)25(37)22(35)18-7-4-5-8-20(18)31-23-19(27)15-28-26(32-23)30-17-12-10-16(11-13-17)29-24(36)21-9-6-14-34(21)3/h4-5,7-8,10-13,15,21H,6,9,14H2,1-3H3,(H,29,36)(H2,28,30,31,32)/t21-/m0/s1. The fourth-order valence-corrected chi connectivity index (χ4v) is 4.12. The van der Waals surface area contributed by atoms with Crippen LogP contribution in [0.3, 0.4) is 0 Å². The van der Waals surface area contributed by atoms with Gasteiger partial charge in [-0.1, -0.05) is 23.7 Å². The Bertz CT molecular complexity index is 1310. The average molecular weight is 522 g/mol. The molecule has 1 aliphatic heterocycles. The highest BCUT2D eigenvalue weighted by Gasteiger charge is 2.27. The maximum Gasteiger partial charge on any atom is 0.294 e. The van der Waals surface area contributed by atoms with Crippen LogP contribution in [0.2, 0.25) is 5.02 Å². The highest BCUT2D eigenvalue weighted by molar-refractivity contribution is 6.43. The first kappa shape index (κ1) is 26.1. The predicted octanol–water partition coefficient (Wildman–Crippen LogP) is 3.92. The monoisotopic (exact) mass is 521 g/mol. The Labute approximate surface area is 220 Å². The SMILES string of the molecule is CN(C)C(=O)C(=O)c1ccccc1Nc1nc(Nc2ccc(NC(=O)[C@@H]3CCCN3C)cc2)ncc1Cl. The van der Waals surface area contributed by atoms with Gasteiger partial charge in [0.2, 0.25) is 11.9 Å². The highest BCUT2D eigenvalue weighted by atomic mass is 35.5. The number of nitrogens with one attached hydrogen (secondary N) is 3. The van der Waals surface area contributed by atoms with Crippen LogP contribution < -0.4 is 16.0 Å². The fraction of sp³-hybridized carbons (Fsp3) is 0.269. The molecule has 2 aromatic carbocycles. The molecule has 0 unspecified atom stereocenters. The van der Waals surface area contributed by atoms with Gasteiger partial charge in [-0.15, -0.1) is 0 Å². The van der Waals surface area contributed by atoms with Crippen LogP contribution >= 0.6 is 11.6 Å². The Kier molecular flexibility index (Phi) is 8.00. The summed E-state index contributed by atoms with van der Waals surface area (Å²) in [5.74, 6) is -0.766. The quantitative estimate of drug-likeness (QED) is 0.301. The van der Waals surface area contributed by atoms with Crippen LogP contribution in [0.25, 0.3) is 0 Å². The molecular formula is C26H28ClN7O3. The molecule has 11 heteroatoms. The molecule has 0 saturated carbocycles. The number of Topliss-reactive ketones (excluding diaryl/α,β-unsaturated/α-hetero) is 1. The summed E-state index contributed by atoms with van der Waals surface area (Å²) in [7, 11) is 4.99. The zero-order chi connectivity index (χ0) is 26.5. The molecule has 10 nitrogen and oxygen atoms in total. The Morgan fingerprint density at radius 1 is 1.03 bits per heavy atom. The van der Waals surface area contributed by atoms with E-state index in [0.717, 1.165) is 19.4 Å². The number of anilines is 5. The fourth-order valence-electron chi connectivity index (χ4n) is 3.98. The first-order chi connectivity index (χ1) is 17.7.